The summed E-state index contributed by atoms with van der Waals surface area (Å²) in [5.41, 5.74) is 3.01. The van der Waals surface area contributed by atoms with Crippen LogP contribution in [0.1, 0.15) is 58.6 Å². The maximum Gasteiger partial charge on any atom is 0.256 e. The lowest BCUT2D eigenvalue weighted by Crippen LogP contribution is -3.13. The molecule has 30 heavy (non-hydrogen) atoms. The van der Waals surface area contributed by atoms with Gasteiger partial charge in [0.1, 0.15) is 11.0 Å². The molecule has 3 nitrogen and oxygen atoms in total. The predicted octanol–water partition coefficient (Wildman–Crippen LogP) is 5.37. The second-order valence-corrected chi connectivity index (χ2v) is 9.39. The molecular formula is C25H28ClN2OS+. The van der Waals surface area contributed by atoms with E-state index in [4.69, 9.17) is 11.6 Å². The van der Waals surface area contributed by atoms with E-state index in [9.17, 15) is 4.79 Å². The number of halogens is 1. The molecular weight excluding hydrogens is 412 g/mol. The van der Waals surface area contributed by atoms with Crippen molar-refractivity contribution in [1.82, 2.24) is 0 Å². The largest absolute Gasteiger partial charge is 0.325 e. The van der Waals surface area contributed by atoms with Gasteiger partial charge in [0.25, 0.3) is 5.91 Å². The van der Waals surface area contributed by atoms with Crippen molar-refractivity contribution in [2.45, 2.75) is 38.6 Å². The van der Waals surface area contributed by atoms with Gasteiger partial charge >= 0.3 is 0 Å². The van der Waals surface area contributed by atoms with Crippen LogP contribution in [0.3, 0.4) is 0 Å². The summed E-state index contributed by atoms with van der Waals surface area (Å²) in [5.74, 6) is -0.0621. The van der Waals surface area contributed by atoms with E-state index < -0.39 is 0 Å². The van der Waals surface area contributed by atoms with Crippen LogP contribution in [0.25, 0.3) is 0 Å². The smallest absolute Gasteiger partial charge is 0.256 e. The number of thiophene rings is 1. The first-order valence-electron chi connectivity index (χ1n) is 10.8. The number of quaternary nitrogens is 1. The van der Waals surface area contributed by atoms with Crippen molar-refractivity contribution in [3.05, 3.63) is 87.3 Å². The number of hydrogen-bond acceptors (Lipinski definition) is 2. The summed E-state index contributed by atoms with van der Waals surface area (Å²) >= 11 is 8.37. The van der Waals surface area contributed by atoms with E-state index in [1.807, 2.05) is 42.5 Å². The van der Waals surface area contributed by atoms with Gasteiger partial charge in [-0.05, 0) is 49.9 Å². The molecule has 0 saturated carbocycles. The van der Waals surface area contributed by atoms with Crippen molar-refractivity contribution in [2.75, 3.05) is 18.4 Å². The lowest BCUT2D eigenvalue weighted by atomic mass is 9.95. The minimum absolute atomic E-state index is 0.0621. The highest BCUT2D eigenvalue weighted by molar-refractivity contribution is 7.16. The predicted molar refractivity (Wildman–Crippen MR) is 126 cm³/mol. The Balaban J connectivity index is 1.75. The van der Waals surface area contributed by atoms with Crippen LogP contribution < -0.4 is 10.2 Å². The number of anilines is 1. The van der Waals surface area contributed by atoms with Crippen molar-refractivity contribution in [3.63, 3.8) is 0 Å². The highest BCUT2D eigenvalue weighted by Gasteiger charge is 2.33. The topological polar surface area (TPSA) is 33.5 Å². The third-order valence-corrected chi connectivity index (χ3v) is 7.41. The highest BCUT2D eigenvalue weighted by Crippen LogP contribution is 2.37. The molecule has 5 heteroatoms. The molecule has 2 aromatic carbocycles. The summed E-state index contributed by atoms with van der Waals surface area (Å²) in [6.45, 7) is 4.41. The van der Waals surface area contributed by atoms with Gasteiger partial charge in [-0.15, -0.1) is 11.3 Å². The Morgan fingerprint density at radius 1 is 1.03 bits per heavy atom. The molecule has 1 fully saturated rings. The van der Waals surface area contributed by atoms with Gasteiger partial charge in [0.05, 0.1) is 18.1 Å². The second-order valence-electron chi connectivity index (χ2n) is 7.84. The van der Waals surface area contributed by atoms with Gasteiger partial charge in [-0.25, -0.2) is 0 Å². The average Bonchev–Trinajstić information content (AvgIpc) is 3.19. The molecule has 2 N–H and O–H groups in total. The molecule has 0 unspecified atom stereocenters. The van der Waals surface area contributed by atoms with Gasteiger partial charge in [0.15, 0.2) is 0 Å². The molecule has 4 rings (SSSR count). The van der Waals surface area contributed by atoms with Crippen LogP contribution in [0.2, 0.25) is 5.02 Å². The molecule has 0 radical (unpaired) electrons. The number of likely N-dealkylation sites (tertiary alicyclic amines) is 1. The normalized spacial score (nSPS) is 15.7. The van der Waals surface area contributed by atoms with E-state index in [-0.39, 0.29) is 11.9 Å². The van der Waals surface area contributed by atoms with Gasteiger partial charge in [0, 0.05) is 21.6 Å². The van der Waals surface area contributed by atoms with Crippen molar-refractivity contribution >= 4 is 33.8 Å². The fraction of sp³-hybridized carbons (Fsp3) is 0.320. The Hall–Kier alpha value is -2.14. The fourth-order valence-corrected chi connectivity index (χ4v) is 5.60. The highest BCUT2D eigenvalue weighted by atomic mass is 35.5. The number of amides is 1. The molecule has 3 aromatic rings. The van der Waals surface area contributed by atoms with Crippen molar-refractivity contribution in [3.8, 4) is 0 Å². The SMILES string of the molecule is CCc1cc([C@H](c2ccccc2Cl)[NH+]2CCCCC2)c(NC(=O)c2ccccc2)s1. The summed E-state index contributed by atoms with van der Waals surface area (Å²) in [7, 11) is 0. The lowest BCUT2D eigenvalue weighted by molar-refractivity contribution is -0.930. The van der Waals surface area contributed by atoms with Crippen molar-refractivity contribution in [2.24, 2.45) is 0 Å². The Labute approximate surface area is 187 Å². The molecule has 0 bridgehead atoms. The number of hydrogen-bond donors (Lipinski definition) is 2. The van der Waals surface area contributed by atoms with E-state index >= 15 is 0 Å². The van der Waals surface area contributed by atoms with Crippen LogP contribution in [0.15, 0.2) is 60.7 Å². The lowest BCUT2D eigenvalue weighted by Gasteiger charge is -2.32. The van der Waals surface area contributed by atoms with E-state index in [0.717, 1.165) is 35.1 Å². The molecule has 2 heterocycles. The Morgan fingerprint density at radius 3 is 2.43 bits per heavy atom. The summed E-state index contributed by atoms with van der Waals surface area (Å²) in [4.78, 5) is 15.7. The monoisotopic (exact) mass is 439 g/mol. The first kappa shape index (κ1) is 21.1. The summed E-state index contributed by atoms with van der Waals surface area (Å²) in [6.07, 6.45) is 4.70. The molecule has 156 valence electrons. The minimum atomic E-state index is -0.0621. The van der Waals surface area contributed by atoms with E-state index in [1.54, 1.807) is 11.3 Å². The number of carbonyl (C=O) groups is 1. The average molecular weight is 440 g/mol. The van der Waals surface area contributed by atoms with Crippen LogP contribution in [0.5, 0.6) is 0 Å². The Morgan fingerprint density at radius 2 is 1.73 bits per heavy atom. The second kappa shape index (κ2) is 9.78. The number of benzene rings is 2. The Bertz CT molecular complexity index is 995. The number of piperidine rings is 1. The first-order chi connectivity index (χ1) is 14.7. The fourth-order valence-electron chi connectivity index (χ4n) is 4.32. The molecule has 1 aliphatic rings. The third-order valence-electron chi connectivity index (χ3n) is 5.85. The Kier molecular flexibility index (Phi) is 6.88. The summed E-state index contributed by atoms with van der Waals surface area (Å²) in [5, 5.41) is 4.96. The summed E-state index contributed by atoms with van der Waals surface area (Å²) < 4.78 is 0. The third kappa shape index (κ3) is 4.61. The van der Waals surface area contributed by atoms with Gasteiger partial charge < -0.3 is 10.2 Å². The van der Waals surface area contributed by atoms with Crippen molar-refractivity contribution in [1.29, 1.82) is 0 Å². The van der Waals surface area contributed by atoms with Crippen LogP contribution in [-0.2, 0) is 6.42 Å². The standard InChI is InChI=1S/C25H27ClN2OS/c1-2-19-17-21(25(30-19)27-24(29)18-11-5-3-6-12-18)23(28-15-9-4-10-16-28)20-13-7-8-14-22(20)26/h3,5-8,11-14,17,23H,2,4,9-10,15-16H2,1H3,(H,27,29)/p+1/t23-/m0/s1. The van der Waals surface area contributed by atoms with Crippen molar-refractivity contribution < 1.29 is 9.69 Å². The maximum absolute atomic E-state index is 12.9. The molecule has 0 aliphatic carbocycles. The maximum atomic E-state index is 12.9. The first-order valence-corrected chi connectivity index (χ1v) is 11.9. The van der Waals surface area contributed by atoms with Crippen LogP contribution >= 0.6 is 22.9 Å². The summed E-state index contributed by atoms with van der Waals surface area (Å²) in [6, 6.07) is 20.0. The van der Waals surface area contributed by atoms with Crippen LogP contribution in [-0.4, -0.2) is 19.0 Å². The van der Waals surface area contributed by atoms with E-state index in [0.29, 0.717) is 5.56 Å². The number of nitrogens with one attached hydrogen (secondary N) is 2. The zero-order chi connectivity index (χ0) is 20.9. The molecule has 1 aliphatic heterocycles. The van der Waals surface area contributed by atoms with Crippen LogP contribution in [0.4, 0.5) is 5.00 Å². The van der Waals surface area contributed by atoms with Gasteiger partial charge in [-0.1, -0.05) is 54.9 Å². The molecule has 1 amide bonds. The van der Waals surface area contributed by atoms with E-state index in [1.165, 1.54) is 34.6 Å². The number of carbonyl (C=O) groups excluding carboxylic acids is 1. The van der Waals surface area contributed by atoms with Crippen LogP contribution in [0, 0.1) is 0 Å². The van der Waals surface area contributed by atoms with E-state index in [2.05, 4.69) is 30.4 Å². The van der Waals surface area contributed by atoms with Gasteiger partial charge in [0.2, 0.25) is 0 Å². The number of aryl methyl sites for hydroxylation is 1. The number of rotatable bonds is 6. The van der Waals surface area contributed by atoms with Gasteiger partial charge in [-0.3, -0.25) is 4.79 Å². The minimum Gasteiger partial charge on any atom is -0.325 e. The molecule has 0 spiro atoms. The zero-order valence-electron chi connectivity index (χ0n) is 17.3. The molecule has 1 aromatic heterocycles. The molecule has 1 atom stereocenters. The zero-order valence-corrected chi connectivity index (χ0v) is 18.9. The van der Waals surface area contributed by atoms with Gasteiger partial charge in [-0.2, -0.15) is 0 Å². The molecule has 1 saturated heterocycles. The quantitative estimate of drug-likeness (QED) is 0.531.